The first-order valence-corrected chi connectivity index (χ1v) is 15.3. The summed E-state index contributed by atoms with van der Waals surface area (Å²) in [6, 6.07) is 18.0. The van der Waals surface area contributed by atoms with Crippen molar-refractivity contribution in [3.63, 3.8) is 0 Å². The van der Waals surface area contributed by atoms with E-state index in [0.717, 1.165) is 29.0 Å². The summed E-state index contributed by atoms with van der Waals surface area (Å²) < 4.78 is 42.6. The predicted octanol–water partition coefficient (Wildman–Crippen LogP) is 7.72. The highest BCUT2D eigenvalue weighted by Crippen LogP contribution is 2.34. The number of ether oxygens (including phenoxy) is 1. The lowest BCUT2D eigenvalue weighted by molar-refractivity contribution is -0.274. The van der Waals surface area contributed by atoms with Crippen LogP contribution in [0.2, 0.25) is 0 Å². The molecule has 236 valence electrons. The van der Waals surface area contributed by atoms with E-state index in [2.05, 4.69) is 75.9 Å². The molecule has 13 heteroatoms. The Bertz CT molecular complexity index is 1820. The van der Waals surface area contributed by atoms with Crippen molar-refractivity contribution in [2.45, 2.75) is 46.5 Å². The van der Waals surface area contributed by atoms with Gasteiger partial charge in [-0.15, -0.1) is 18.3 Å². The fourth-order valence-electron chi connectivity index (χ4n) is 5.21. The Kier molecular flexibility index (Phi) is 9.48. The second kappa shape index (κ2) is 13.5. The van der Waals surface area contributed by atoms with Gasteiger partial charge in [-0.05, 0) is 75.1 Å². The minimum atomic E-state index is -4.77. The molecule has 0 saturated carbocycles. The number of nitriles is 1. The van der Waals surface area contributed by atoms with Crippen LogP contribution in [-0.2, 0) is 0 Å². The molecule has 2 heterocycles. The molecule has 0 aliphatic carbocycles. The summed E-state index contributed by atoms with van der Waals surface area (Å²) in [7, 11) is 0. The van der Waals surface area contributed by atoms with E-state index in [0.29, 0.717) is 27.8 Å². The number of aliphatic imine (C=N–C) groups is 1. The highest BCUT2D eigenvalue weighted by Gasteiger charge is 2.31. The maximum Gasteiger partial charge on any atom is 0.573 e. The first-order chi connectivity index (χ1) is 21.9. The minimum Gasteiger partial charge on any atom is -0.406 e. The van der Waals surface area contributed by atoms with Gasteiger partial charge in [-0.1, -0.05) is 53.7 Å². The molecule has 1 atom stereocenters. The number of rotatable bonds is 6. The molecule has 5 rings (SSSR count). The van der Waals surface area contributed by atoms with Crippen molar-refractivity contribution in [2.75, 3.05) is 10.7 Å². The number of hydrogen-bond acceptors (Lipinski definition) is 6. The van der Waals surface area contributed by atoms with E-state index in [9.17, 15) is 23.2 Å². The van der Waals surface area contributed by atoms with E-state index >= 15 is 0 Å². The Morgan fingerprint density at radius 1 is 1.11 bits per heavy atom. The van der Waals surface area contributed by atoms with Gasteiger partial charge in [0, 0.05) is 29.2 Å². The van der Waals surface area contributed by atoms with Crippen molar-refractivity contribution >= 4 is 34.2 Å². The van der Waals surface area contributed by atoms with Gasteiger partial charge in [0.25, 0.3) is 0 Å². The minimum absolute atomic E-state index is 0.163. The van der Waals surface area contributed by atoms with Crippen LogP contribution in [0.3, 0.4) is 0 Å². The van der Waals surface area contributed by atoms with Crippen LogP contribution in [0.15, 0.2) is 78.2 Å². The second-order valence-corrected chi connectivity index (χ2v) is 11.8. The summed E-state index contributed by atoms with van der Waals surface area (Å²) in [6.07, 6.45) is -1.04. The largest absolute Gasteiger partial charge is 0.573 e. The molecule has 1 fully saturated rings. The zero-order valence-corrected chi connectivity index (χ0v) is 26.3. The monoisotopic (exact) mass is 645 g/mol. The lowest BCUT2D eigenvalue weighted by Gasteiger charge is -2.37. The smallest absolute Gasteiger partial charge is 0.406 e. The van der Waals surface area contributed by atoms with Gasteiger partial charge in [-0.2, -0.15) is 10.3 Å². The summed E-state index contributed by atoms with van der Waals surface area (Å²) >= 11 is 1.53. The topological polar surface area (TPSA) is 108 Å². The van der Waals surface area contributed by atoms with Gasteiger partial charge in [-0.25, -0.2) is 14.5 Å². The molecule has 1 N–H and O–H groups in total. The molecule has 9 nitrogen and oxygen atoms in total. The molecule has 0 spiro atoms. The molecule has 1 aliphatic rings. The number of amidine groups is 1. The molecule has 1 saturated heterocycles. The van der Waals surface area contributed by atoms with Crippen molar-refractivity contribution < 1.29 is 22.7 Å². The first kappa shape index (κ1) is 32.3. The third-order valence-electron chi connectivity index (χ3n) is 7.23. The summed E-state index contributed by atoms with van der Waals surface area (Å²) in [6.45, 7) is 8.31. The SMILES string of the molecule is Cc1cc(C)c(N2/C(=N/C(=O)N/C=C(\C#N)c3ccc(-c4ncn(-c5ccc(OC(F)(F)F)cc5)n4)cc3)SCCC2C)c(C)c1. The number of anilines is 1. The second-order valence-electron chi connectivity index (χ2n) is 10.7. The van der Waals surface area contributed by atoms with Crippen LogP contribution in [0, 0.1) is 32.1 Å². The van der Waals surface area contributed by atoms with Gasteiger partial charge in [-0.3, -0.25) is 0 Å². The van der Waals surface area contributed by atoms with Crippen LogP contribution in [0.4, 0.5) is 23.7 Å². The number of urea groups is 1. The fraction of sp³-hybridized carbons (Fsp3) is 0.242. The zero-order chi connectivity index (χ0) is 33.0. The van der Waals surface area contributed by atoms with Gasteiger partial charge < -0.3 is 15.0 Å². The van der Waals surface area contributed by atoms with E-state index in [1.54, 1.807) is 24.3 Å². The summed E-state index contributed by atoms with van der Waals surface area (Å²) in [5.41, 5.74) is 6.39. The van der Waals surface area contributed by atoms with E-state index in [1.165, 1.54) is 58.8 Å². The van der Waals surface area contributed by atoms with Gasteiger partial charge in [0.05, 0.1) is 11.3 Å². The number of alkyl halides is 3. The molecule has 46 heavy (non-hydrogen) atoms. The number of thioether (sulfide) groups is 1. The number of allylic oxidation sites excluding steroid dienone is 1. The van der Waals surface area contributed by atoms with Crippen molar-refractivity contribution in [3.8, 4) is 28.9 Å². The number of amides is 2. The molecule has 0 bridgehead atoms. The Morgan fingerprint density at radius 2 is 1.78 bits per heavy atom. The van der Waals surface area contributed by atoms with Crippen LogP contribution in [-0.4, -0.2) is 44.1 Å². The summed E-state index contributed by atoms with van der Waals surface area (Å²) in [4.78, 5) is 23.7. The third-order valence-corrected chi connectivity index (χ3v) is 8.21. The fourth-order valence-corrected chi connectivity index (χ4v) is 6.41. The average Bonchev–Trinajstić information content (AvgIpc) is 3.49. The van der Waals surface area contributed by atoms with Crippen LogP contribution in [0.5, 0.6) is 5.75 Å². The molecule has 0 radical (unpaired) electrons. The van der Waals surface area contributed by atoms with Gasteiger partial charge in [0.15, 0.2) is 11.0 Å². The zero-order valence-electron chi connectivity index (χ0n) is 25.5. The van der Waals surface area contributed by atoms with Crippen LogP contribution >= 0.6 is 11.8 Å². The molecule has 3 aromatic carbocycles. The number of hydrogen-bond donors (Lipinski definition) is 1. The quantitative estimate of drug-likeness (QED) is 0.214. The highest BCUT2D eigenvalue weighted by atomic mass is 32.2. The Labute approximate surface area is 268 Å². The number of nitrogens with zero attached hydrogens (tertiary/aromatic N) is 6. The molecule has 2 amide bonds. The van der Waals surface area contributed by atoms with Crippen molar-refractivity contribution in [3.05, 3.63) is 95.4 Å². The van der Waals surface area contributed by atoms with Gasteiger partial charge in [0.2, 0.25) is 0 Å². The van der Waals surface area contributed by atoms with Gasteiger partial charge >= 0.3 is 12.4 Å². The maximum absolute atomic E-state index is 12.9. The van der Waals surface area contributed by atoms with Crippen LogP contribution in [0.25, 0.3) is 22.6 Å². The predicted molar refractivity (Wildman–Crippen MR) is 173 cm³/mol. The Morgan fingerprint density at radius 3 is 2.41 bits per heavy atom. The van der Waals surface area contributed by atoms with Crippen LogP contribution < -0.4 is 15.0 Å². The number of aromatic nitrogens is 3. The van der Waals surface area contributed by atoms with E-state index < -0.39 is 12.4 Å². The maximum atomic E-state index is 12.9. The normalized spacial score (nSPS) is 16.3. The van der Waals surface area contributed by atoms with Crippen molar-refractivity contribution in [2.24, 2.45) is 4.99 Å². The number of benzene rings is 3. The van der Waals surface area contributed by atoms with Crippen LogP contribution in [0.1, 0.15) is 35.6 Å². The standard InChI is InChI=1S/C33H30F3N7O2S/c1-20-15-21(2)29(22(3)16-20)43-23(4)13-14-46-32(43)40-31(44)38-18-26(17-37)24-5-7-25(8-6-24)30-39-19-42(41-30)27-9-11-28(12-10-27)45-33(34,35)36/h5-12,15-16,18-19,23H,13-14H2,1-4H3,(H,38,44)/b26-18+,40-32-. The number of nitrogens with one attached hydrogen (secondary N) is 1. The lowest BCUT2D eigenvalue weighted by atomic mass is 10.0. The van der Waals surface area contributed by atoms with Crippen molar-refractivity contribution in [1.29, 1.82) is 5.26 Å². The molecule has 1 aliphatic heterocycles. The molecular formula is C33H30F3N7O2S. The number of carbonyl (C=O) groups excluding carboxylic acids is 1. The molecule has 1 aromatic heterocycles. The highest BCUT2D eigenvalue weighted by molar-refractivity contribution is 8.14. The third kappa shape index (κ3) is 7.58. The first-order valence-electron chi connectivity index (χ1n) is 14.3. The van der Waals surface area contributed by atoms with Crippen molar-refractivity contribution in [1.82, 2.24) is 20.1 Å². The van der Waals surface area contributed by atoms with E-state index in [1.807, 2.05) is 0 Å². The lowest BCUT2D eigenvalue weighted by Crippen LogP contribution is -2.42. The Balaban J connectivity index is 1.28. The van der Waals surface area contributed by atoms with Gasteiger partial charge in [0.1, 0.15) is 18.1 Å². The average molecular weight is 646 g/mol. The van der Waals surface area contributed by atoms with E-state index in [-0.39, 0.29) is 17.4 Å². The molecule has 1 unspecified atom stereocenters. The Hall–Kier alpha value is -5.09. The summed E-state index contributed by atoms with van der Waals surface area (Å²) in [5.74, 6) is 0.876. The number of carbonyl (C=O) groups is 1. The van der Waals surface area contributed by atoms with E-state index in [4.69, 9.17) is 0 Å². The molecule has 4 aromatic rings. The number of aryl methyl sites for hydroxylation is 3. The summed E-state index contributed by atoms with van der Waals surface area (Å²) in [5, 5.41) is 17.5. The number of halogens is 3. The molecular weight excluding hydrogens is 615 g/mol.